The van der Waals surface area contributed by atoms with Crippen LogP contribution in [0.5, 0.6) is 0 Å². The lowest BCUT2D eigenvalue weighted by Gasteiger charge is -2.34. The summed E-state index contributed by atoms with van der Waals surface area (Å²) in [6.45, 7) is 2.88. The number of benzene rings is 1. The summed E-state index contributed by atoms with van der Waals surface area (Å²) in [5.74, 6) is 0. The van der Waals surface area contributed by atoms with Gasteiger partial charge < -0.3 is 9.80 Å². The third-order valence-electron chi connectivity index (χ3n) is 3.99. The van der Waals surface area contributed by atoms with Gasteiger partial charge in [-0.15, -0.1) is 16.4 Å². The van der Waals surface area contributed by atoms with Gasteiger partial charge in [0.05, 0.1) is 11.9 Å². The first-order valence-electron chi connectivity index (χ1n) is 7.89. The summed E-state index contributed by atoms with van der Waals surface area (Å²) in [6, 6.07) is 10.1. The van der Waals surface area contributed by atoms with E-state index in [1.54, 1.807) is 17.5 Å². The maximum atomic E-state index is 12.2. The molecular weight excluding hydrogens is 356 g/mol. The Kier molecular flexibility index (Phi) is 4.57. The average Bonchev–Trinajstić information content (AvgIpc) is 3.34. The van der Waals surface area contributed by atoms with Crippen LogP contribution in [0.25, 0.3) is 11.3 Å². The number of amides is 2. The van der Waals surface area contributed by atoms with Crippen LogP contribution in [0.3, 0.4) is 0 Å². The molecule has 2 amide bonds. The van der Waals surface area contributed by atoms with Crippen molar-refractivity contribution < 1.29 is 4.79 Å². The van der Waals surface area contributed by atoms with E-state index in [2.05, 4.69) is 37.3 Å². The van der Waals surface area contributed by atoms with E-state index in [9.17, 15) is 4.79 Å². The SMILES string of the molecule is O=C(Nc1cnns1)N1CCN(c2nc(-c3ccccc3)cs2)CC1. The number of carbonyl (C=O) groups is 1. The summed E-state index contributed by atoms with van der Waals surface area (Å²) in [4.78, 5) is 21.0. The lowest BCUT2D eigenvalue weighted by Crippen LogP contribution is -2.50. The van der Waals surface area contributed by atoms with Crippen LogP contribution in [0.15, 0.2) is 41.9 Å². The van der Waals surface area contributed by atoms with E-state index in [-0.39, 0.29) is 6.03 Å². The number of hydrogen-bond donors (Lipinski definition) is 1. The van der Waals surface area contributed by atoms with Crippen molar-refractivity contribution >= 4 is 39.0 Å². The Morgan fingerprint density at radius 2 is 1.92 bits per heavy atom. The second-order valence-electron chi connectivity index (χ2n) is 5.57. The van der Waals surface area contributed by atoms with Crippen LogP contribution < -0.4 is 10.2 Å². The highest BCUT2D eigenvalue weighted by Crippen LogP contribution is 2.28. The van der Waals surface area contributed by atoms with Crippen molar-refractivity contribution in [3.05, 3.63) is 41.9 Å². The topological polar surface area (TPSA) is 74.2 Å². The molecule has 0 aliphatic carbocycles. The van der Waals surface area contributed by atoms with Crippen molar-refractivity contribution in [1.82, 2.24) is 19.5 Å². The number of thiazole rings is 1. The van der Waals surface area contributed by atoms with Gasteiger partial charge in [-0.2, -0.15) is 0 Å². The second kappa shape index (κ2) is 7.16. The molecule has 128 valence electrons. The number of urea groups is 1. The summed E-state index contributed by atoms with van der Waals surface area (Å²) in [7, 11) is 0. The number of anilines is 2. The largest absolute Gasteiger partial charge is 0.345 e. The number of rotatable bonds is 3. The summed E-state index contributed by atoms with van der Waals surface area (Å²) in [6.07, 6.45) is 1.56. The van der Waals surface area contributed by atoms with Crippen molar-refractivity contribution in [2.75, 3.05) is 36.4 Å². The van der Waals surface area contributed by atoms with Crippen LogP contribution >= 0.6 is 22.9 Å². The molecule has 2 aromatic heterocycles. The van der Waals surface area contributed by atoms with Crippen molar-refractivity contribution in [2.24, 2.45) is 0 Å². The minimum Gasteiger partial charge on any atom is -0.345 e. The van der Waals surface area contributed by atoms with Gasteiger partial charge in [0.2, 0.25) is 0 Å². The normalized spacial score (nSPS) is 14.6. The minimum atomic E-state index is -0.102. The first-order chi connectivity index (χ1) is 12.3. The van der Waals surface area contributed by atoms with E-state index < -0.39 is 0 Å². The van der Waals surface area contributed by atoms with Crippen molar-refractivity contribution in [1.29, 1.82) is 0 Å². The van der Waals surface area contributed by atoms with E-state index in [0.717, 1.165) is 29.5 Å². The number of nitrogens with one attached hydrogen (secondary N) is 1. The van der Waals surface area contributed by atoms with Crippen LogP contribution in [0, 0.1) is 0 Å². The first-order valence-corrected chi connectivity index (χ1v) is 9.54. The molecule has 1 saturated heterocycles. The van der Waals surface area contributed by atoms with E-state index in [1.165, 1.54) is 11.5 Å². The molecule has 1 N–H and O–H groups in total. The molecule has 3 aromatic rings. The highest BCUT2D eigenvalue weighted by Gasteiger charge is 2.23. The predicted octanol–water partition coefficient (Wildman–Crippen LogP) is 3.02. The maximum Gasteiger partial charge on any atom is 0.322 e. The summed E-state index contributed by atoms with van der Waals surface area (Å²) in [5.41, 5.74) is 2.12. The molecule has 0 atom stereocenters. The highest BCUT2D eigenvalue weighted by atomic mass is 32.1. The molecule has 0 unspecified atom stereocenters. The Hall–Kier alpha value is -2.52. The average molecular weight is 372 g/mol. The molecule has 0 spiro atoms. The summed E-state index contributed by atoms with van der Waals surface area (Å²) < 4.78 is 3.74. The van der Waals surface area contributed by atoms with Crippen LogP contribution in [0.1, 0.15) is 0 Å². The zero-order valence-corrected chi connectivity index (χ0v) is 15.0. The van der Waals surface area contributed by atoms with Gasteiger partial charge in [-0.05, 0) is 0 Å². The van der Waals surface area contributed by atoms with Gasteiger partial charge in [0.1, 0.15) is 5.00 Å². The highest BCUT2D eigenvalue weighted by molar-refractivity contribution is 7.14. The van der Waals surface area contributed by atoms with Gasteiger partial charge in [0.15, 0.2) is 5.13 Å². The fraction of sp³-hybridized carbons (Fsp3) is 0.250. The second-order valence-corrected chi connectivity index (χ2v) is 7.19. The molecule has 3 heterocycles. The molecule has 1 aliphatic rings. The molecule has 0 radical (unpaired) electrons. The number of piperazine rings is 1. The van der Waals surface area contributed by atoms with E-state index in [4.69, 9.17) is 4.98 Å². The first kappa shape index (κ1) is 16.0. The molecule has 1 aromatic carbocycles. The molecule has 0 bridgehead atoms. The van der Waals surface area contributed by atoms with Gasteiger partial charge in [-0.3, -0.25) is 5.32 Å². The van der Waals surface area contributed by atoms with Crippen LogP contribution in [0.2, 0.25) is 0 Å². The van der Waals surface area contributed by atoms with Crippen LogP contribution in [-0.4, -0.2) is 51.7 Å². The third-order valence-corrected chi connectivity index (χ3v) is 5.47. The number of nitrogens with zero attached hydrogens (tertiary/aromatic N) is 5. The van der Waals surface area contributed by atoms with Crippen LogP contribution in [-0.2, 0) is 0 Å². The van der Waals surface area contributed by atoms with Crippen LogP contribution in [0.4, 0.5) is 14.9 Å². The molecular formula is C16H16N6OS2. The number of carbonyl (C=O) groups excluding carboxylic acids is 1. The predicted molar refractivity (Wildman–Crippen MR) is 100 cm³/mol. The monoisotopic (exact) mass is 372 g/mol. The van der Waals surface area contributed by atoms with Crippen molar-refractivity contribution in [3.63, 3.8) is 0 Å². The maximum absolute atomic E-state index is 12.2. The Morgan fingerprint density at radius 1 is 1.12 bits per heavy atom. The van der Waals surface area contributed by atoms with E-state index >= 15 is 0 Å². The van der Waals surface area contributed by atoms with Crippen molar-refractivity contribution in [3.8, 4) is 11.3 Å². The van der Waals surface area contributed by atoms with E-state index in [1.807, 2.05) is 23.1 Å². The third kappa shape index (κ3) is 3.62. The number of aromatic nitrogens is 3. The fourth-order valence-corrected chi connectivity index (χ4v) is 3.96. The van der Waals surface area contributed by atoms with E-state index in [0.29, 0.717) is 18.1 Å². The zero-order valence-electron chi connectivity index (χ0n) is 13.3. The molecule has 9 heteroatoms. The van der Waals surface area contributed by atoms with Gasteiger partial charge >= 0.3 is 6.03 Å². The Bertz CT molecular complexity index is 827. The minimum absolute atomic E-state index is 0.102. The molecule has 4 rings (SSSR count). The standard InChI is InChI=1S/C16H16N6OS2/c23-15(19-14-10-17-20-25-14)21-6-8-22(9-7-21)16-18-13(11-24-16)12-4-2-1-3-5-12/h1-5,10-11H,6-9H2,(H,19,23). The Morgan fingerprint density at radius 3 is 2.64 bits per heavy atom. The zero-order chi connectivity index (χ0) is 17.1. The molecule has 7 nitrogen and oxygen atoms in total. The smallest absolute Gasteiger partial charge is 0.322 e. The molecule has 25 heavy (non-hydrogen) atoms. The Labute approximate surface area is 153 Å². The van der Waals surface area contributed by atoms with Crippen molar-refractivity contribution in [2.45, 2.75) is 0 Å². The van der Waals surface area contributed by atoms with Gasteiger partial charge in [-0.25, -0.2) is 9.78 Å². The quantitative estimate of drug-likeness (QED) is 0.765. The summed E-state index contributed by atoms with van der Waals surface area (Å²) in [5, 5.41) is 10.3. The van der Waals surface area contributed by atoms with Gasteiger partial charge in [-0.1, -0.05) is 34.8 Å². The fourth-order valence-electron chi connectivity index (χ4n) is 2.66. The molecule has 0 saturated carbocycles. The lowest BCUT2D eigenvalue weighted by atomic mass is 10.2. The number of hydrogen-bond acceptors (Lipinski definition) is 7. The van der Waals surface area contributed by atoms with Gasteiger partial charge in [0, 0.05) is 48.7 Å². The molecule has 1 fully saturated rings. The van der Waals surface area contributed by atoms with Gasteiger partial charge in [0.25, 0.3) is 0 Å². The molecule has 1 aliphatic heterocycles. The summed E-state index contributed by atoms with van der Waals surface area (Å²) >= 11 is 2.82. The Balaban J connectivity index is 1.36. The lowest BCUT2D eigenvalue weighted by molar-refractivity contribution is 0.208.